The molecule has 1 heterocycles. The summed E-state index contributed by atoms with van der Waals surface area (Å²) in [6, 6.07) is 13.1. The molecule has 0 aliphatic rings. The molecule has 3 aromatic rings. The van der Waals surface area contributed by atoms with E-state index in [0.717, 1.165) is 22.6 Å². The van der Waals surface area contributed by atoms with Gasteiger partial charge in [0.05, 0.1) is 23.2 Å². The lowest BCUT2D eigenvalue weighted by Gasteiger charge is -2.05. The Bertz CT molecular complexity index is 984. The predicted octanol–water partition coefficient (Wildman–Crippen LogP) is 4.19. The topological polar surface area (TPSA) is 62.2 Å². The molecule has 5 nitrogen and oxygen atoms in total. The molecule has 0 amide bonds. The third-order valence-electron chi connectivity index (χ3n) is 3.96. The minimum Gasteiger partial charge on any atom is -0.295 e. The Kier molecular flexibility index (Phi) is 4.76. The van der Waals surface area contributed by atoms with Gasteiger partial charge in [-0.3, -0.25) is 15.3 Å². The first-order valence-corrected chi connectivity index (χ1v) is 8.27. The summed E-state index contributed by atoms with van der Waals surface area (Å²) < 4.78 is 1.48. The second-order valence-corrected chi connectivity index (χ2v) is 6.39. The first-order valence-electron chi connectivity index (χ1n) is 7.89. The van der Waals surface area contributed by atoms with Crippen LogP contribution in [0.4, 0.5) is 5.69 Å². The lowest BCUT2D eigenvalue weighted by atomic mass is 10.1. The van der Waals surface area contributed by atoms with Crippen molar-refractivity contribution in [1.82, 2.24) is 9.78 Å². The molecule has 0 bridgehead atoms. The number of benzene rings is 2. The molecule has 0 aliphatic carbocycles. The van der Waals surface area contributed by atoms with Crippen LogP contribution in [0.15, 0.2) is 52.4 Å². The van der Waals surface area contributed by atoms with E-state index in [9.17, 15) is 4.79 Å². The van der Waals surface area contributed by atoms with E-state index in [4.69, 9.17) is 11.6 Å². The van der Waals surface area contributed by atoms with Crippen molar-refractivity contribution in [3.63, 3.8) is 0 Å². The van der Waals surface area contributed by atoms with E-state index < -0.39 is 0 Å². The molecule has 0 fully saturated rings. The fraction of sp³-hybridized carbons (Fsp3) is 0.158. The van der Waals surface area contributed by atoms with Gasteiger partial charge in [-0.2, -0.15) is 5.10 Å². The molecule has 6 heteroatoms. The lowest BCUT2D eigenvalue weighted by Crippen LogP contribution is -2.17. The number of nitrogens with zero attached hydrogens (tertiary/aromatic N) is 2. The molecule has 25 heavy (non-hydrogen) atoms. The van der Waals surface area contributed by atoms with E-state index in [-0.39, 0.29) is 5.56 Å². The number of hydrogen-bond acceptors (Lipinski definition) is 3. The van der Waals surface area contributed by atoms with Crippen molar-refractivity contribution in [2.45, 2.75) is 20.8 Å². The molecule has 0 unspecified atom stereocenters. The number of hydrazone groups is 1. The predicted molar refractivity (Wildman–Crippen MR) is 103 cm³/mol. The van der Waals surface area contributed by atoms with Crippen molar-refractivity contribution in [2.75, 3.05) is 5.43 Å². The van der Waals surface area contributed by atoms with E-state index in [2.05, 4.69) is 21.7 Å². The van der Waals surface area contributed by atoms with Crippen LogP contribution in [-0.4, -0.2) is 16.0 Å². The van der Waals surface area contributed by atoms with Gasteiger partial charge in [-0.1, -0.05) is 29.3 Å². The quantitative estimate of drug-likeness (QED) is 0.545. The fourth-order valence-corrected chi connectivity index (χ4v) is 2.71. The number of halogens is 1. The molecule has 0 saturated heterocycles. The van der Waals surface area contributed by atoms with Gasteiger partial charge < -0.3 is 0 Å². The summed E-state index contributed by atoms with van der Waals surface area (Å²) >= 11 is 5.90. The Labute approximate surface area is 150 Å². The molecule has 0 spiro atoms. The van der Waals surface area contributed by atoms with Gasteiger partial charge in [0.1, 0.15) is 0 Å². The highest BCUT2D eigenvalue weighted by atomic mass is 35.5. The van der Waals surface area contributed by atoms with E-state index in [1.54, 1.807) is 30.5 Å². The molecule has 0 aliphatic heterocycles. The Morgan fingerprint density at radius 3 is 2.52 bits per heavy atom. The zero-order valence-electron chi connectivity index (χ0n) is 14.3. The van der Waals surface area contributed by atoms with Crippen molar-refractivity contribution in [3.05, 3.63) is 80.2 Å². The second kappa shape index (κ2) is 6.99. The van der Waals surface area contributed by atoms with Crippen molar-refractivity contribution >= 4 is 23.5 Å². The van der Waals surface area contributed by atoms with Gasteiger partial charge in [-0.05, 0) is 56.7 Å². The number of anilines is 1. The molecular formula is C19H19ClN4O. The van der Waals surface area contributed by atoms with Crippen LogP contribution >= 0.6 is 11.6 Å². The summed E-state index contributed by atoms with van der Waals surface area (Å²) in [4.78, 5) is 12.6. The van der Waals surface area contributed by atoms with E-state index in [0.29, 0.717) is 10.6 Å². The van der Waals surface area contributed by atoms with Gasteiger partial charge in [0.25, 0.3) is 5.56 Å². The Morgan fingerprint density at radius 1 is 1.12 bits per heavy atom. The standard InChI is InChI=1S/C19H19ClN4O/c1-12-4-9-18(13(2)10-12)22-21-11-17-14(3)23-24(19(17)25)16-7-5-15(20)6-8-16/h4-11,22-23H,1-3H3/b21-11-. The lowest BCUT2D eigenvalue weighted by molar-refractivity contribution is 0.835. The Morgan fingerprint density at radius 2 is 1.84 bits per heavy atom. The monoisotopic (exact) mass is 354 g/mol. The number of hydrogen-bond donors (Lipinski definition) is 2. The first kappa shape index (κ1) is 17.0. The van der Waals surface area contributed by atoms with Gasteiger partial charge >= 0.3 is 0 Å². The highest BCUT2D eigenvalue weighted by Crippen LogP contribution is 2.16. The SMILES string of the molecule is Cc1ccc(N/N=C\c2c(C)[nH]n(-c3ccc(Cl)cc3)c2=O)c(C)c1. The first-order chi connectivity index (χ1) is 12.0. The largest absolute Gasteiger partial charge is 0.295 e. The van der Waals surface area contributed by atoms with Crippen LogP contribution < -0.4 is 11.0 Å². The van der Waals surface area contributed by atoms with Gasteiger partial charge in [-0.25, -0.2) is 4.68 Å². The molecule has 2 N–H and O–H groups in total. The number of aromatic amines is 1. The van der Waals surface area contributed by atoms with Gasteiger partial charge in [0.2, 0.25) is 0 Å². The molecule has 2 aromatic carbocycles. The maximum atomic E-state index is 12.6. The molecule has 0 radical (unpaired) electrons. The van der Waals surface area contributed by atoms with Gasteiger partial charge in [0.15, 0.2) is 0 Å². The van der Waals surface area contributed by atoms with Crippen LogP contribution in [0.1, 0.15) is 22.4 Å². The molecule has 128 valence electrons. The molecule has 1 aromatic heterocycles. The highest BCUT2D eigenvalue weighted by Gasteiger charge is 2.10. The number of nitrogens with one attached hydrogen (secondary N) is 2. The van der Waals surface area contributed by atoms with Gasteiger partial charge in [0, 0.05) is 10.7 Å². The zero-order valence-corrected chi connectivity index (χ0v) is 15.1. The number of aryl methyl sites for hydroxylation is 3. The van der Waals surface area contributed by atoms with Crippen molar-refractivity contribution in [3.8, 4) is 5.69 Å². The fourth-order valence-electron chi connectivity index (χ4n) is 2.59. The van der Waals surface area contributed by atoms with Gasteiger partial charge in [-0.15, -0.1) is 0 Å². The normalized spacial score (nSPS) is 11.2. The van der Waals surface area contributed by atoms with Crippen molar-refractivity contribution in [2.24, 2.45) is 5.10 Å². The summed E-state index contributed by atoms with van der Waals surface area (Å²) in [7, 11) is 0. The number of aromatic nitrogens is 2. The molecule has 3 rings (SSSR count). The van der Waals surface area contributed by atoms with Crippen LogP contribution in [0.5, 0.6) is 0 Å². The molecular weight excluding hydrogens is 336 g/mol. The van der Waals surface area contributed by atoms with E-state index >= 15 is 0 Å². The second-order valence-electron chi connectivity index (χ2n) is 5.96. The number of rotatable bonds is 4. The average Bonchev–Trinajstić information content (AvgIpc) is 2.85. The highest BCUT2D eigenvalue weighted by molar-refractivity contribution is 6.30. The van der Waals surface area contributed by atoms with Crippen LogP contribution in [0.25, 0.3) is 5.69 Å². The van der Waals surface area contributed by atoms with E-state index in [1.165, 1.54) is 10.2 Å². The third-order valence-corrected chi connectivity index (χ3v) is 4.21. The number of H-pyrrole nitrogens is 1. The summed E-state index contributed by atoms with van der Waals surface area (Å²) in [6.45, 7) is 5.90. The van der Waals surface area contributed by atoms with Crippen molar-refractivity contribution in [1.29, 1.82) is 0 Å². The minimum absolute atomic E-state index is 0.161. The Balaban J connectivity index is 1.85. The molecule has 0 atom stereocenters. The van der Waals surface area contributed by atoms with Crippen molar-refractivity contribution < 1.29 is 0 Å². The molecule has 0 saturated carbocycles. The van der Waals surface area contributed by atoms with Crippen LogP contribution in [0, 0.1) is 20.8 Å². The summed E-state index contributed by atoms with van der Waals surface area (Å²) in [5, 5.41) is 7.90. The van der Waals surface area contributed by atoms with Crippen LogP contribution in [0.2, 0.25) is 5.02 Å². The maximum Gasteiger partial charge on any atom is 0.280 e. The zero-order chi connectivity index (χ0) is 18.0. The average molecular weight is 355 g/mol. The van der Waals surface area contributed by atoms with Crippen LogP contribution in [-0.2, 0) is 0 Å². The summed E-state index contributed by atoms with van der Waals surface area (Å²) in [5.41, 5.74) is 8.00. The Hall–Kier alpha value is -2.79. The summed E-state index contributed by atoms with van der Waals surface area (Å²) in [6.07, 6.45) is 1.54. The minimum atomic E-state index is -0.161. The summed E-state index contributed by atoms with van der Waals surface area (Å²) in [5.74, 6) is 0. The third kappa shape index (κ3) is 3.67. The van der Waals surface area contributed by atoms with E-state index in [1.807, 2.05) is 32.9 Å². The van der Waals surface area contributed by atoms with Crippen LogP contribution in [0.3, 0.4) is 0 Å². The maximum absolute atomic E-state index is 12.6. The smallest absolute Gasteiger partial charge is 0.280 e.